The molecule has 0 aliphatic carbocycles. The number of hydrogen-bond donors (Lipinski definition) is 1. The monoisotopic (exact) mass is 255 g/mol. The Morgan fingerprint density at radius 2 is 2.29 bits per heavy atom. The number of hydrogen-bond acceptors (Lipinski definition) is 6. The summed E-state index contributed by atoms with van der Waals surface area (Å²) in [5.41, 5.74) is 5.49. The van der Waals surface area contributed by atoms with E-state index in [4.69, 9.17) is 5.73 Å². The molecule has 1 unspecified atom stereocenters. The molecule has 2 rings (SSSR count). The zero-order valence-corrected chi connectivity index (χ0v) is 10.9. The summed E-state index contributed by atoms with van der Waals surface area (Å²) in [7, 11) is 4.09. The third-order valence-electron chi connectivity index (χ3n) is 3.04. The molecule has 0 bridgehead atoms. The number of nitrogen functional groups attached to an aromatic ring is 1. The van der Waals surface area contributed by atoms with Gasteiger partial charge in [-0.2, -0.15) is 0 Å². The lowest BCUT2D eigenvalue weighted by molar-refractivity contribution is 0.0634. The number of nitrogens with two attached hydrogens (primary N) is 1. The van der Waals surface area contributed by atoms with Crippen LogP contribution in [0.3, 0.4) is 0 Å². The number of likely N-dealkylation sites (tertiary alicyclic amines) is 1. The molecule has 2 heterocycles. The third-order valence-corrected chi connectivity index (χ3v) is 3.78. The van der Waals surface area contributed by atoms with E-state index in [1.54, 1.807) is 0 Å². The van der Waals surface area contributed by atoms with Crippen molar-refractivity contribution < 1.29 is 4.79 Å². The average Bonchev–Trinajstić information content (AvgIpc) is 2.75. The average molecular weight is 255 g/mol. The molecular formula is C10H17N5OS. The predicted octanol–water partition coefficient (Wildman–Crippen LogP) is 0.287. The molecule has 1 atom stereocenters. The normalized spacial score (nSPS) is 20.9. The van der Waals surface area contributed by atoms with Crippen molar-refractivity contribution in [3.63, 3.8) is 0 Å². The molecule has 17 heavy (non-hydrogen) atoms. The van der Waals surface area contributed by atoms with Gasteiger partial charge in [0.25, 0.3) is 5.91 Å². The summed E-state index contributed by atoms with van der Waals surface area (Å²) < 4.78 is 0. The molecule has 1 aliphatic heterocycles. The van der Waals surface area contributed by atoms with Gasteiger partial charge in [-0.25, -0.2) is 0 Å². The summed E-state index contributed by atoms with van der Waals surface area (Å²) in [4.78, 5) is 16.1. The Labute approximate surface area is 104 Å². The molecule has 1 fully saturated rings. The van der Waals surface area contributed by atoms with Gasteiger partial charge in [-0.05, 0) is 26.9 Å². The van der Waals surface area contributed by atoms with Crippen molar-refractivity contribution in [3.8, 4) is 0 Å². The summed E-state index contributed by atoms with van der Waals surface area (Å²) in [6.45, 7) is 1.55. The molecule has 0 radical (unpaired) electrons. The quantitative estimate of drug-likeness (QED) is 0.822. The van der Waals surface area contributed by atoms with E-state index < -0.39 is 0 Å². The second-order valence-electron chi connectivity index (χ2n) is 4.46. The maximum atomic E-state index is 12.1. The maximum Gasteiger partial charge on any atom is 0.284 e. The first kappa shape index (κ1) is 12.3. The number of carbonyl (C=O) groups excluding carboxylic acids is 1. The molecule has 1 saturated heterocycles. The first-order valence-corrected chi connectivity index (χ1v) is 6.44. The van der Waals surface area contributed by atoms with Gasteiger partial charge in [-0.3, -0.25) is 4.79 Å². The highest BCUT2D eigenvalue weighted by Crippen LogP contribution is 2.18. The van der Waals surface area contributed by atoms with Crippen molar-refractivity contribution in [2.45, 2.75) is 18.9 Å². The Bertz CT molecular complexity index is 405. The van der Waals surface area contributed by atoms with Crippen molar-refractivity contribution >= 4 is 22.4 Å². The number of piperidine rings is 1. The fraction of sp³-hybridized carbons (Fsp3) is 0.700. The zero-order chi connectivity index (χ0) is 12.4. The van der Waals surface area contributed by atoms with E-state index in [2.05, 4.69) is 15.1 Å². The zero-order valence-electron chi connectivity index (χ0n) is 10.1. The highest BCUT2D eigenvalue weighted by atomic mass is 32.1. The van der Waals surface area contributed by atoms with Gasteiger partial charge in [0.05, 0.1) is 0 Å². The number of aromatic nitrogens is 2. The molecule has 1 amide bonds. The van der Waals surface area contributed by atoms with Crippen LogP contribution in [0.15, 0.2) is 0 Å². The number of carbonyl (C=O) groups is 1. The van der Waals surface area contributed by atoms with E-state index >= 15 is 0 Å². The first-order valence-electron chi connectivity index (χ1n) is 5.62. The van der Waals surface area contributed by atoms with Gasteiger partial charge in [-0.1, -0.05) is 11.3 Å². The van der Waals surface area contributed by atoms with Crippen LogP contribution in [-0.2, 0) is 0 Å². The molecule has 7 heteroatoms. The summed E-state index contributed by atoms with van der Waals surface area (Å²) >= 11 is 1.15. The topological polar surface area (TPSA) is 75.3 Å². The highest BCUT2D eigenvalue weighted by Gasteiger charge is 2.27. The Morgan fingerprint density at radius 1 is 1.53 bits per heavy atom. The largest absolute Gasteiger partial charge is 0.374 e. The van der Waals surface area contributed by atoms with E-state index in [1.165, 1.54) is 0 Å². The number of amides is 1. The van der Waals surface area contributed by atoms with Crippen LogP contribution in [0, 0.1) is 0 Å². The van der Waals surface area contributed by atoms with Gasteiger partial charge in [0.15, 0.2) is 0 Å². The van der Waals surface area contributed by atoms with E-state index in [-0.39, 0.29) is 5.91 Å². The maximum absolute atomic E-state index is 12.1. The number of rotatable bonds is 2. The van der Waals surface area contributed by atoms with Gasteiger partial charge in [0.2, 0.25) is 10.1 Å². The summed E-state index contributed by atoms with van der Waals surface area (Å²) in [5, 5.41) is 8.21. The van der Waals surface area contributed by atoms with Crippen LogP contribution in [0.4, 0.5) is 5.13 Å². The molecule has 0 spiro atoms. The van der Waals surface area contributed by atoms with Crippen molar-refractivity contribution in [3.05, 3.63) is 5.01 Å². The van der Waals surface area contributed by atoms with Crippen LogP contribution in [0.2, 0.25) is 0 Å². The van der Waals surface area contributed by atoms with Crippen molar-refractivity contribution in [1.29, 1.82) is 0 Å². The Balaban J connectivity index is 2.04. The van der Waals surface area contributed by atoms with E-state index in [0.717, 1.165) is 37.3 Å². The van der Waals surface area contributed by atoms with Crippen molar-refractivity contribution in [2.24, 2.45) is 0 Å². The van der Waals surface area contributed by atoms with Gasteiger partial charge < -0.3 is 15.5 Å². The minimum absolute atomic E-state index is 0.0502. The van der Waals surface area contributed by atoms with E-state index in [0.29, 0.717) is 16.2 Å². The van der Waals surface area contributed by atoms with Crippen LogP contribution in [0.1, 0.15) is 22.6 Å². The fourth-order valence-electron chi connectivity index (χ4n) is 2.02. The first-order chi connectivity index (χ1) is 8.08. The minimum Gasteiger partial charge on any atom is -0.374 e. The Kier molecular flexibility index (Phi) is 3.58. The van der Waals surface area contributed by atoms with Gasteiger partial charge >= 0.3 is 0 Å². The van der Waals surface area contributed by atoms with Crippen LogP contribution >= 0.6 is 11.3 Å². The summed E-state index contributed by atoms with van der Waals surface area (Å²) in [6, 6.07) is 0.429. The lowest BCUT2D eigenvalue weighted by atomic mass is 10.1. The van der Waals surface area contributed by atoms with Crippen LogP contribution in [0.25, 0.3) is 0 Å². The number of nitrogens with zero attached hydrogens (tertiary/aromatic N) is 4. The number of anilines is 1. The molecule has 6 nitrogen and oxygen atoms in total. The molecule has 0 aromatic carbocycles. The molecule has 0 saturated carbocycles. The predicted molar refractivity (Wildman–Crippen MR) is 66.9 cm³/mol. The van der Waals surface area contributed by atoms with Crippen LogP contribution < -0.4 is 5.73 Å². The van der Waals surface area contributed by atoms with Crippen molar-refractivity contribution in [1.82, 2.24) is 20.0 Å². The summed E-state index contributed by atoms with van der Waals surface area (Å²) in [6.07, 6.45) is 2.16. The minimum atomic E-state index is -0.0502. The third kappa shape index (κ3) is 2.73. The molecule has 1 aromatic heterocycles. The standard InChI is InChI=1S/C10H17N5OS/c1-14(2)7-4-3-5-15(6-7)9(16)8-12-13-10(11)17-8/h7H,3-6H2,1-2H3,(H2,11,13). The fourth-order valence-corrected chi connectivity index (χ4v) is 2.59. The Hall–Kier alpha value is -1.21. The van der Waals surface area contributed by atoms with Gasteiger partial charge in [0, 0.05) is 19.1 Å². The second-order valence-corrected chi connectivity index (χ2v) is 5.47. The van der Waals surface area contributed by atoms with E-state index in [1.807, 2.05) is 19.0 Å². The molecule has 1 aliphatic rings. The SMILES string of the molecule is CN(C)C1CCCN(C(=O)c2nnc(N)s2)C1. The Morgan fingerprint density at radius 3 is 2.88 bits per heavy atom. The lowest BCUT2D eigenvalue weighted by Crippen LogP contribution is -2.47. The number of likely N-dealkylation sites (N-methyl/N-ethyl adjacent to an activating group) is 1. The van der Waals surface area contributed by atoms with Gasteiger partial charge in [-0.15, -0.1) is 10.2 Å². The lowest BCUT2D eigenvalue weighted by Gasteiger charge is -2.35. The second kappa shape index (κ2) is 4.97. The molecule has 2 N–H and O–H groups in total. The molecular weight excluding hydrogens is 238 g/mol. The highest BCUT2D eigenvalue weighted by molar-refractivity contribution is 7.16. The molecule has 1 aromatic rings. The van der Waals surface area contributed by atoms with Gasteiger partial charge in [0.1, 0.15) is 0 Å². The van der Waals surface area contributed by atoms with E-state index in [9.17, 15) is 4.79 Å². The smallest absolute Gasteiger partial charge is 0.284 e. The van der Waals surface area contributed by atoms with Crippen molar-refractivity contribution in [2.75, 3.05) is 32.9 Å². The van der Waals surface area contributed by atoms with Crippen LogP contribution in [0.5, 0.6) is 0 Å². The van der Waals surface area contributed by atoms with Crippen LogP contribution in [-0.4, -0.2) is 59.1 Å². The summed E-state index contributed by atoms with van der Waals surface area (Å²) in [5.74, 6) is -0.0502. The molecule has 94 valence electrons.